The van der Waals surface area contributed by atoms with E-state index in [4.69, 9.17) is 0 Å². The van der Waals surface area contributed by atoms with Crippen molar-refractivity contribution in [3.05, 3.63) is 70.8 Å². The van der Waals surface area contributed by atoms with E-state index in [9.17, 15) is 4.79 Å². The average Bonchev–Trinajstić information content (AvgIpc) is 3.00. The first kappa shape index (κ1) is 20.1. The molecule has 1 amide bonds. The number of piperazine rings is 1. The fourth-order valence-electron chi connectivity index (χ4n) is 4.24. The predicted molar refractivity (Wildman–Crippen MR) is 117 cm³/mol. The molecule has 29 heavy (non-hydrogen) atoms. The van der Waals surface area contributed by atoms with Gasteiger partial charge in [-0.3, -0.25) is 14.6 Å². The molecule has 2 aliphatic heterocycles. The Kier molecular flexibility index (Phi) is 6.93. The number of benzene rings is 2. The van der Waals surface area contributed by atoms with Crippen molar-refractivity contribution in [3.8, 4) is 0 Å². The quantitative estimate of drug-likeness (QED) is 0.792. The highest BCUT2D eigenvalue weighted by Gasteiger charge is 2.17. The molecular weight excluding hydrogens is 360 g/mol. The van der Waals surface area contributed by atoms with Crippen LogP contribution in [0.25, 0.3) is 0 Å². The smallest absolute Gasteiger partial charge is 0.251 e. The molecule has 0 bridgehead atoms. The van der Waals surface area contributed by atoms with Gasteiger partial charge in [0.15, 0.2) is 0 Å². The first-order valence-corrected chi connectivity index (χ1v) is 10.9. The summed E-state index contributed by atoms with van der Waals surface area (Å²) in [5.41, 5.74) is 4.80. The predicted octanol–water partition coefficient (Wildman–Crippen LogP) is 2.27. The lowest BCUT2D eigenvalue weighted by Crippen LogP contribution is -2.48. The van der Waals surface area contributed by atoms with Crippen molar-refractivity contribution in [2.75, 3.05) is 45.8 Å². The zero-order valence-electron chi connectivity index (χ0n) is 17.2. The highest BCUT2D eigenvalue weighted by molar-refractivity contribution is 5.94. The summed E-state index contributed by atoms with van der Waals surface area (Å²) >= 11 is 0. The Morgan fingerprint density at radius 1 is 0.966 bits per heavy atom. The number of fused-ring (bicyclic) bond motifs is 1. The van der Waals surface area contributed by atoms with Gasteiger partial charge >= 0.3 is 0 Å². The number of carbonyl (C=O) groups excluding carboxylic acids is 1. The fourth-order valence-corrected chi connectivity index (χ4v) is 4.24. The van der Waals surface area contributed by atoms with Crippen LogP contribution in [0.4, 0.5) is 0 Å². The first-order valence-electron chi connectivity index (χ1n) is 10.9. The molecule has 154 valence electrons. The minimum absolute atomic E-state index is 0.0414. The lowest BCUT2D eigenvalue weighted by atomic mass is 10.0. The van der Waals surface area contributed by atoms with Crippen LogP contribution in [0.1, 0.15) is 33.5 Å². The standard InChI is InChI=1S/C24H32N4O/c29-24(22-9-8-21-7-4-10-25-18-23(21)17-22)26-11-12-27-13-15-28(16-14-27)19-20-5-2-1-3-6-20/h1-3,5-6,8-9,17,25H,4,7,10-16,18-19H2,(H,26,29). The number of carbonyl (C=O) groups is 1. The number of rotatable bonds is 6. The average molecular weight is 393 g/mol. The van der Waals surface area contributed by atoms with Crippen molar-refractivity contribution < 1.29 is 4.79 Å². The van der Waals surface area contributed by atoms with E-state index >= 15 is 0 Å². The van der Waals surface area contributed by atoms with E-state index in [-0.39, 0.29) is 5.91 Å². The lowest BCUT2D eigenvalue weighted by molar-refractivity contribution is 0.0934. The van der Waals surface area contributed by atoms with Gasteiger partial charge in [-0.2, -0.15) is 0 Å². The molecule has 0 saturated carbocycles. The van der Waals surface area contributed by atoms with E-state index in [1.807, 2.05) is 6.07 Å². The van der Waals surface area contributed by atoms with E-state index < -0.39 is 0 Å². The van der Waals surface area contributed by atoms with Gasteiger partial charge in [0.1, 0.15) is 0 Å². The molecule has 2 aliphatic rings. The van der Waals surface area contributed by atoms with Gasteiger partial charge in [-0.25, -0.2) is 0 Å². The van der Waals surface area contributed by atoms with Gasteiger partial charge in [-0.05, 0) is 48.2 Å². The highest BCUT2D eigenvalue weighted by atomic mass is 16.1. The molecule has 0 unspecified atom stereocenters. The van der Waals surface area contributed by atoms with Gasteiger partial charge < -0.3 is 10.6 Å². The molecule has 5 heteroatoms. The van der Waals surface area contributed by atoms with Crippen molar-refractivity contribution >= 4 is 5.91 Å². The van der Waals surface area contributed by atoms with E-state index in [0.717, 1.165) is 70.8 Å². The van der Waals surface area contributed by atoms with Gasteiger partial charge in [0.05, 0.1) is 0 Å². The van der Waals surface area contributed by atoms with Crippen molar-refractivity contribution in [2.45, 2.75) is 25.9 Å². The molecule has 0 atom stereocenters. The summed E-state index contributed by atoms with van der Waals surface area (Å²) in [7, 11) is 0. The number of aryl methyl sites for hydroxylation is 1. The van der Waals surface area contributed by atoms with Gasteiger partial charge in [-0.15, -0.1) is 0 Å². The summed E-state index contributed by atoms with van der Waals surface area (Å²) in [5.74, 6) is 0.0414. The second-order valence-corrected chi connectivity index (χ2v) is 8.12. The largest absolute Gasteiger partial charge is 0.351 e. The van der Waals surface area contributed by atoms with E-state index in [1.54, 1.807) is 0 Å². The summed E-state index contributed by atoms with van der Waals surface area (Å²) in [6.07, 6.45) is 2.26. The van der Waals surface area contributed by atoms with Crippen molar-refractivity contribution in [2.24, 2.45) is 0 Å². The van der Waals surface area contributed by atoms with Gasteiger partial charge in [0, 0.05) is 57.9 Å². The van der Waals surface area contributed by atoms with Crippen molar-refractivity contribution in [1.29, 1.82) is 0 Å². The van der Waals surface area contributed by atoms with Crippen LogP contribution in [0.2, 0.25) is 0 Å². The van der Waals surface area contributed by atoms with Crippen LogP contribution in [-0.2, 0) is 19.5 Å². The summed E-state index contributed by atoms with van der Waals surface area (Å²) in [6, 6.07) is 16.8. The van der Waals surface area contributed by atoms with Crippen LogP contribution in [0.15, 0.2) is 48.5 Å². The van der Waals surface area contributed by atoms with Gasteiger partial charge in [0.25, 0.3) is 5.91 Å². The Morgan fingerprint density at radius 2 is 1.76 bits per heavy atom. The normalized spacial score (nSPS) is 18.1. The third-order valence-corrected chi connectivity index (χ3v) is 6.01. The molecule has 5 nitrogen and oxygen atoms in total. The molecule has 4 rings (SSSR count). The summed E-state index contributed by atoms with van der Waals surface area (Å²) in [6.45, 7) is 8.85. The number of hydrogen-bond donors (Lipinski definition) is 2. The first-order chi connectivity index (χ1) is 14.3. The minimum Gasteiger partial charge on any atom is -0.351 e. The molecule has 2 heterocycles. The molecule has 2 aromatic carbocycles. The third-order valence-electron chi connectivity index (χ3n) is 6.01. The van der Waals surface area contributed by atoms with Crippen LogP contribution >= 0.6 is 0 Å². The van der Waals surface area contributed by atoms with E-state index in [1.165, 1.54) is 16.7 Å². The van der Waals surface area contributed by atoms with Crippen LogP contribution < -0.4 is 10.6 Å². The third kappa shape index (κ3) is 5.66. The Morgan fingerprint density at radius 3 is 2.59 bits per heavy atom. The summed E-state index contributed by atoms with van der Waals surface area (Å²) in [4.78, 5) is 17.5. The molecule has 0 aromatic heterocycles. The molecular formula is C24H32N4O. The van der Waals surface area contributed by atoms with Crippen molar-refractivity contribution in [3.63, 3.8) is 0 Å². The SMILES string of the molecule is O=C(NCCN1CCN(Cc2ccccc2)CC1)c1ccc2c(c1)CNCCC2. The zero-order valence-corrected chi connectivity index (χ0v) is 17.2. The molecule has 1 saturated heterocycles. The van der Waals surface area contributed by atoms with E-state index in [0.29, 0.717) is 6.54 Å². The van der Waals surface area contributed by atoms with Crippen molar-refractivity contribution in [1.82, 2.24) is 20.4 Å². The molecule has 1 fully saturated rings. The Balaban J connectivity index is 1.19. The summed E-state index contributed by atoms with van der Waals surface area (Å²) < 4.78 is 0. The molecule has 0 spiro atoms. The lowest BCUT2D eigenvalue weighted by Gasteiger charge is -2.34. The summed E-state index contributed by atoms with van der Waals surface area (Å²) in [5, 5.41) is 6.54. The van der Waals surface area contributed by atoms with Crippen LogP contribution in [0.5, 0.6) is 0 Å². The Bertz CT molecular complexity index is 800. The monoisotopic (exact) mass is 392 g/mol. The van der Waals surface area contributed by atoms with Crippen LogP contribution in [0.3, 0.4) is 0 Å². The molecule has 2 aromatic rings. The second-order valence-electron chi connectivity index (χ2n) is 8.12. The molecule has 0 radical (unpaired) electrons. The van der Waals surface area contributed by atoms with Gasteiger partial charge in [0.2, 0.25) is 0 Å². The molecule has 0 aliphatic carbocycles. The van der Waals surface area contributed by atoms with Gasteiger partial charge in [-0.1, -0.05) is 36.4 Å². The van der Waals surface area contributed by atoms with Crippen LogP contribution in [-0.4, -0.2) is 61.5 Å². The Labute approximate surface area is 174 Å². The number of amides is 1. The molecule has 2 N–H and O–H groups in total. The Hall–Kier alpha value is -2.21. The topological polar surface area (TPSA) is 47.6 Å². The van der Waals surface area contributed by atoms with Crippen LogP contribution in [0, 0.1) is 0 Å². The number of hydrogen-bond acceptors (Lipinski definition) is 4. The fraction of sp³-hybridized carbons (Fsp3) is 0.458. The zero-order chi connectivity index (χ0) is 19.9. The number of nitrogens with zero attached hydrogens (tertiary/aromatic N) is 2. The number of nitrogens with one attached hydrogen (secondary N) is 2. The maximum absolute atomic E-state index is 12.6. The maximum atomic E-state index is 12.6. The highest BCUT2D eigenvalue weighted by Crippen LogP contribution is 2.16. The van der Waals surface area contributed by atoms with E-state index in [2.05, 4.69) is 62.9 Å². The minimum atomic E-state index is 0.0414. The second kappa shape index (κ2) is 10.0. The maximum Gasteiger partial charge on any atom is 0.251 e.